The number of Topliss-reactive ketones (excluding diaryl/α,β-unsaturated/α-hetero) is 1. The number of carbonyl (C=O) groups is 2. The Balaban J connectivity index is 2.10. The number of nitrogens with one attached hydrogen (secondary N) is 1. The van der Waals surface area contributed by atoms with E-state index in [0.717, 1.165) is 29.7 Å². The average Bonchev–Trinajstić information content (AvgIpc) is 2.81. The van der Waals surface area contributed by atoms with E-state index in [1.54, 1.807) is 6.92 Å². The van der Waals surface area contributed by atoms with Crippen LogP contribution in [0.25, 0.3) is 0 Å². The Labute approximate surface area is 213 Å². The van der Waals surface area contributed by atoms with Crippen molar-refractivity contribution >= 4 is 11.9 Å². The number of rotatable bonds is 12. The maximum absolute atomic E-state index is 13.2. The second-order valence-electron chi connectivity index (χ2n) is 9.64. The number of unbranched alkanes of at least 4 members (excludes halogenated alkanes) is 1. The Morgan fingerprint density at radius 2 is 1.78 bits per heavy atom. The molecule has 0 aliphatic carbocycles. The van der Waals surface area contributed by atoms with Crippen molar-refractivity contribution in [2.24, 2.45) is 5.92 Å². The molecule has 3 atom stereocenters. The first-order valence-corrected chi connectivity index (χ1v) is 12.5. The van der Waals surface area contributed by atoms with Crippen LogP contribution in [0.5, 0.6) is 11.5 Å². The van der Waals surface area contributed by atoms with Crippen LogP contribution in [0.3, 0.4) is 0 Å². The highest BCUT2D eigenvalue weighted by atomic mass is 16.5. The van der Waals surface area contributed by atoms with E-state index in [0.29, 0.717) is 18.7 Å². The van der Waals surface area contributed by atoms with Gasteiger partial charge in [-0.15, -0.1) is 0 Å². The first kappa shape index (κ1) is 28.9. The Kier molecular flexibility index (Phi) is 10.6. The summed E-state index contributed by atoms with van der Waals surface area (Å²) in [5.41, 5.74) is 0.820. The van der Waals surface area contributed by atoms with E-state index >= 15 is 0 Å². The van der Waals surface area contributed by atoms with Crippen LogP contribution >= 0.6 is 0 Å². The molecule has 3 unspecified atom stereocenters. The predicted octanol–water partition coefficient (Wildman–Crippen LogP) is 5.69. The molecule has 2 rings (SSSR count). The third kappa shape index (κ3) is 7.60. The maximum Gasteiger partial charge on any atom is 0.406 e. The fourth-order valence-electron chi connectivity index (χ4n) is 4.18. The number of alkyl carbamates (subject to hydrolysis) is 1. The van der Waals surface area contributed by atoms with Crippen molar-refractivity contribution in [3.8, 4) is 11.5 Å². The normalized spacial score (nSPS) is 13.7. The van der Waals surface area contributed by atoms with Crippen LogP contribution < -0.4 is 15.7 Å². The van der Waals surface area contributed by atoms with Crippen molar-refractivity contribution in [1.29, 1.82) is 0 Å². The molecule has 1 heterocycles. The summed E-state index contributed by atoms with van der Waals surface area (Å²) in [5.74, 6) is -0.615. The summed E-state index contributed by atoms with van der Waals surface area (Å²) in [7, 11) is 1.31. The number of aryl methyl sites for hydroxylation is 1. The van der Waals surface area contributed by atoms with Crippen LogP contribution in [0.4, 0.5) is 4.79 Å². The number of aromatic hydroxyl groups is 1. The third-order valence-electron chi connectivity index (χ3n) is 6.47. The quantitative estimate of drug-likeness (QED) is 0.283. The molecule has 0 saturated heterocycles. The van der Waals surface area contributed by atoms with E-state index < -0.39 is 23.4 Å². The highest BCUT2D eigenvalue weighted by Crippen LogP contribution is 2.33. The molecular weight excluding hydrogens is 462 g/mol. The van der Waals surface area contributed by atoms with Gasteiger partial charge in [0.05, 0.1) is 13.2 Å². The van der Waals surface area contributed by atoms with Crippen molar-refractivity contribution in [2.45, 2.75) is 78.7 Å². The second-order valence-corrected chi connectivity index (χ2v) is 9.64. The van der Waals surface area contributed by atoms with Crippen molar-refractivity contribution in [3.63, 3.8) is 0 Å². The molecule has 36 heavy (non-hydrogen) atoms. The minimum Gasteiger partial charge on any atom is -0.507 e. The topological polar surface area (TPSA) is 115 Å². The maximum atomic E-state index is 13.2. The highest BCUT2D eigenvalue weighted by Gasteiger charge is 2.29. The smallest absolute Gasteiger partial charge is 0.406 e. The number of amides is 1. The fourth-order valence-corrected chi connectivity index (χ4v) is 4.18. The lowest BCUT2D eigenvalue weighted by atomic mass is 9.82. The van der Waals surface area contributed by atoms with Crippen LogP contribution in [0.15, 0.2) is 33.5 Å². The molecule has 0 spiro atoms. The minimum absolute atomic E-state index is 0.0599. The van der Waals surface area contributed by atoms with Crippen LogP contribution in [0.1, 0.15) is 93.0 Å². The monoisotopic (exact) mass is 501 g/mol. The first-order valence-electron chi connectivity index (χ1n) is 12.5. The lowest BCUT2D eigenvalue weighted by molar-refractivity contribution is 0.0907. The molecule has 8 heteroatoms. The molecule has 8 nitrogen and oxygen atoms in total. The Bertz CT molecular complexity index is 1110. The lowest BCUT2D eigenvalue weighted by Crippen LogP contribution is -2.25. The Morgan fingerprint density at radius 1 is 1.08 bits per heavy atom. The number of carbonyl (C=O) groups excluding carboxylic acids is 2. The van der Waals surface area contributed by atoms with Gasteiger partial charge in [0.1, 0.15) is 22.8 Å². The molecule has 1 aromatic carbocycles. The Morgan fingerprint density at radius 3 is 2.36 bits per heavy atom. The van der Waals surface area contributed by atoms with E-state index in [1.807, 2.05) is 52.8 Å². The molecule has 2 N–H and O–H groups in total. The van der Waals surface area contributed by atoms with E-state index in [1.165, 1.54) is 13.2 Å². The molecule has 2 aromatic rings. The third-order valence-corrected chi connectivity index (χ3v) is 6.47. The largest absolute Gasteiger partial charge is 0.507 e. The van der Waals surface area contributed by atoms with Gasteiger partial charge in [0.15, 0.2) is 5.78 Å². The van der Waals surface area contributed by atoms with E-state index in [-0.39, 0.29) is 29.3 Å². The van der Waals surface area contributed by atoms with Gasteiger partial charge in [-0.1, -0.05) is 33.3 Å². The number of hydrogen-bond acceptors (Lipinski definition) is 7. The van der Waals surface area contributed by atoms with Crippen molar-refractivity contribution in [1.82, 2.24) is 5.32 Å². The van der Waals surface area contributed by atoms with Gasteiger partial charge in [-0.25, -0.2) is 9.59 Å². The molecule has 0 bridgehead atoms. The van der Waals surface area contributed by atoms with Crippen molar-refractivity contribution in [2.75, 3.05) is 13.7 Å². The zero-order valence-electron chi connectivity index (χ0n) is 22.3. The van der Waals surface area contributed by atoms with Gasteiger partial charge < -0.3 is 24.3 Å². The van der Waals surface area contributed by atoms with Crippen LogP contribution in [-0.2, 0) is 4.74 Å². The lowest BCUT2D eigenvalue weighted by Gasteiger charge is -2.22. The molecule has 0 radical (unpaired) electrons. The number of ketones is 1. The minimum atomic E-state index is -0.828. The second kappa shape index (κ2) is 13.1. The SMILES string of the molecule is COC(=O)NCCCCC(C)c1cc(O)c(C(=O)C(C)C(C)c2ccc(OC(C)C)cc2C)c(=O)o1. The molecule has 1 amide bonds. The van der Waals surface area contributed by atoms with Gasteiger partial charge >= 0.3 is 11.7 Å². The van der Waals surface area contributed by atoms with Gasteiger partial charge in [-0.3, -0.25) is 4.79 Å². The van der Waals surface area contributed by atoms with E-state index in [9.17, 15) is 19.5 Å². The summed E-state index contributed by atoms with van der Waals surface area (Å²) in [5, 5.41) is 13.2. The fraction of sp³-hybridized carbons (Fsp3) is 0.536. The summed E-state index contributed by atoms with van der Waals surface area (Å²) < 4.78 is 15.7. The van der Waals surface area contributed by atoms with Gasteiger partial charge in [-0.2, -0.15) is 0 Å². The van der Waals surface area contributed by atoms with Gasteiger partial charge in [0.25, 0.3) is 0 Å². The van der Waals surface area contributed by atoms with Gasteiger partial charge in [0.2, 0.25) is 0 Å². The van der Waals surface area contributed by atoms with Crippen LogP contribution in [0, 0.1) is 12.8 Å². The summed E-state index contributed by atoms with van der Waals surface area (Å²) in [4.78, 5) is 37.1. The summed E-state index contributed by atoms with van der Waals surface area (Å²) in [6, 6.07) is 7.13. The van der Waals surface area contributed by atoms with Gasteiger partial charge in [0, 0.05) is 24.4 Å². The number of benzene rings is 1. The molecular formula is C28H39NO7. The average molecular weight is 502 g/mol. The molecule has 198 valence electrons. The molecule has 0 aliphatic rings. The summed E-state index contributed by atoms with van der Waals surface area (Å²) in [6.45, 7) is 11.9. The molecule has 0 aliphatic heterocycles. The standard InChI is InChI=1S/C28H39NO7/c1-16(2)35-21-11-12-22(18(4)14-21)19(5)20(6)26(31)25-23(30)15-24(36-27(25)32)17(3)10-8-9-13-29-28(33)34-7/h11-12,14-17,19-20,30H,8-10,13H2,1-7H3,(H,29,33). The van der Waals surface area contributed by atoms with Crippen molar-refractivity contribution < 1.29 is 28.6 Å². The Hall–Kier alpha value is -3.29. The molecule has 1 aromatic heterocycles. The molecule has 0 saturated carbocycles. The number of hydrogen-bond donors (Lipinski definition) is 2. The summed E-state index contributed by atoms with van der Waals surface area (Å²) in [6.07, 6.45) is 1.76. The highest BCUT2D eigenvalue weighted by molar-refractivity contribution is 6.00. The predicted molar refractivity (Wildman–Crippen MR) is 138 cm³/mol. The van der Waals surface area contributed by atoms with Crippen molar-refractivity contribution in [3.05, 3.63) is 57.1 Å². The summed E-state index contributed by atoms with van der Waals surface area (Å²) >= 11 is 0. The van der Waals surface area contributed by atoms with E-state index in [2.05, 4.69) is 10.1 Å². The van der Waals surface area contributed by atoms with E-state index in [4.69, 9.17) is 9.15 Å². The van der Waals surface area contributed by atoms with Gasteiger partial charge in [-0.05, 0) is 62.8 Å². The molecule has 0 fully saturated rings. The zero-order chi connectivity index (χ0) is 27.0. The number of methoxy groups -OCH3 is 1. The first-order chi connectivity index (χ1) is 17.0. The van der Waals surface area contributed by atoms with Crippen LogP contribution in [0.2, 0.25) is 0 Å². The number of ether oxygens (including phenoxy) is 2. The zero-order valence-corrected chi connectivity index (χ0v) is 22.3. The van der Waals surface area contributed by atoms with Crippen LogP contribution in [-0.4, -0.2) is 36.7 Å².